The molecule has 5 nitrogen and oxygen atoms in total. The van der Waals surface area contributed by atoms with Gasteiger partial charge in [-0.2, -0.15) is 0 Å². The summed E-state index contributed by atoms with van der Waals surface area (Å²) in [5.74, 6) is -0.0328. The third kappa shape index (κ3) is 3.30. The van der Waals surface area contributed by atoms with Gasteiger partial charge in [-0.3, -0.25) is 4.90 Å². The van der Waals surface area contributed by atoms with E-state index in [0.29, 0.717) is 11.8 Å². The molecule has 5 heteroatoms. The van der Waals surface area contributed by atoms with E-state index in [1.165, 1.54) is 45.9 Å². The van der Waals surface area contributed by atoms with Gasteiger partial charge in [0.05, 0.1) is 13.4 Å². The van der Waals surface area contributed by atoms with Crippen molar-refractivity contribution in [2.24, 2.45) is 0 Å². The second-order valence-corrected chi connectivity index (χ2v) is 6.04. The second kappa shape index (κ2) is 6.62. The average molecular weight is 292 g/mol. The third-order valence-corrected chi connectivity index (χ3v) is 4.66. The number of ether oxygens (including phenoxy) is 1. The fourth-order valence-corrected chi connectivity index (χ4v) is 3.52. The molecule has 0 spiro atoms. The van der Waals surface area contributed by atoms with Gasteiger partial charge in [0.25, 0.3) is 0 Å². The van der Waals surface area contributed by atoms with Gasteiger partial charge in [-0.25, -0.2) is 4.79 Å². The zero-order chi connectivity index (χ0) is 14.7. The Kier molecular flexibility index (Phi) is 4.60. The number of furan rings is 1. The summed E-state index contributed by atoms with van der Waals surface area (Å²) in [6, 6.07) is 2.49. The average Bonchev–Trinajstić information content (AvgIpc) is 3.22. The van der Waals surface area contributed by atoms with Gasteiger partial charge < -0.3 is 14.1 Å². The number of nitrogens with zero attached hydrogens (tertiary/aromatic N) is 2. The van der Waals surface area contributed by atoms with Crippen LogP contribution in [0, 0.1) is 0 Å². The van der Waals surface area contributed by atoms with Gasteiger partial charge in [0.1, 0.15) is 0 Å². The van der Waals surface area contributed by atoms with Crippen molar-refractivity contribution in [1.82, 2.24) is 9.80 Å². The molecule has 1 atom stereocenters. The molecule has 1 aromatic heterocycles. The van der Waals surface area contributed by atoms with Crippen molar-refractivity contribution in [2.45, 2.75) is 38.3 Å². The van der Waals surface area contributed by atoms with Gasteiger partial charge in [-0.1, -0.05) is 0 Å². The summed E-state index contributed by atoms with van der Waals surface area (Å²) < 4.78 is 10.1. The number of hydrogen-bond acceptors (Lipinski definition) is 5. The summed E-state index contributed by atoms with van der Waals surface area (Å²) in [5, 5.41) is 0. The van der Waals surface area contributed by atoms with Crippen molar-refractivity contribution < 1.29 is 13.9 Å². The molecule has 0 saturated carbocycles. The maximum atomic E-state index is 11.7. The van der Waals surface area contributed by atoms with E-state index in [-0.39, 0.29) is 5.97 Å². The van der Waals surface area contributed by atoms with E-state index in [2.05, 4.69) is 9.80 Å². The predicted octanol–water partition coefficient (Wildman–Crippen LogP) is 2.13. The summed E-state index contributed by atoms with van der Waals surface area (Å²) in [6.45, 7) is 5.52. The number of rotatable bonds is 5. The molecule has 0 bridgehead atoms. The first kappa shape index (κ1) is 14.6. The largest absolute Gasteiger partial charge is 0.463 e. The van der Waals surface area contributed by atoms with Crippen LogP contribution in [0.25, 0.3) is 0 Å². The van der Waals surface area contributed by atoms with Gasteiger partial charge in [0, 0.05) is 24.7 Å². The maximum absolute atomic E-state index is 11.7. The van der Waals surface area contributed by atoms with E-state index in [1.54, 1.807) is 6.26 Å². The number of esters is 1. The van der Waals surface area contributed by atoms with E-state index in [9.17, 15) is 4.79 Å². The minimum absolute atomic E-state index is 0.351. The molecule has 0 amide bonds. The van der Waals surface area contributed by atoms with Gasteiger partial charge >= 0.3 is 5.97 Å². The lowest BCUT2D eigenvalue weighted by Crippen LogP contribution is -2.39. The molecule has 0 N–H and O–H groups in total. The van der Waals surface area contributed by atoms with Crippen LogP contribution in [0.2, 0.25) is 0 Å². The molecular formula is C16H24N2O3. The lowest BCUT2D eigenvalue weighted by atomic mass is 10.2. The summed E-state index contributed by atoms with van der Waals surface area (Å²) in [4.78, 5) is 16.7. The lowest BCUT2D eigenvalue weighted by Gasteiger charge is -2.28. The van der Waals surface area contributed by atoms with Gasteiger partial charge in [-0.05, 0) is 51.4 Å². The zero-order valence-electron chi connectivity index (χ0n) is 12.7. The maximum Gasteiger partial charge on any atom is 0.374 e. The van der Waals surface area contributed by atoms with Crippen molar-refractivity contribution in [3.05, 3.63) is 23.7 Å². The van der Waals surface area contributed by atoms with Gasteiger partial charge in [-0.15, -0.1) is 0 Å². The van der Waals surface area contributed by atoms with Crippen LogP contribution < -0.4 is 0 Å². The SMILES string of the molecule is COC(=O)c1occc1CN1CCC[C@H]1CN1CCCC1. The molecular weight excluding hydrogens is 268 g/mol. The fraction of sp³-hybridized carbons (Fsp3) is 0.688. The molecule has 0 radical (unpaired) electrons. The van der Waals surface area contributed by atoms with E-state index < -0.39 is 0 Å². The standard InChI is InChI=1S/C16H24N2O3/c1-20-16(19)15-13(6-10-21-15)11-18-9-4-5-14(18)12-17-7-2-3-8-17/h6,10,14H,2-5,7-9,11-12H2,1H3/t14-/m0/s1. The molecule has 2 aliphatic heterocycles. The Hall–Kier alpha value is -1.33. The van der Waals surface area contributed by atoms with Crippen LogP contribution in [0.3, 0.4) is 0 Å². The van der Waals surface area contributed by atoms with Gasteiger partial charge in [0.15, 0.2) is 0 Å². The lowest BCUT2D eigenvalue weighted by molar-refractivity contribution is 0.0561. The van der Waals surface area contributed by atoms with E-state index in [4.69, 9.17) is 9.15 Å². The first-order valence-corrected chi connectivity index (χ1v) is 7.89. The second-order valence-electron chi connectivity index (χ2n) is 6.04. The number of methoxy groups -OCH3 is 1. The normalized spacial score (nSPS) is 23.8. The van der Waals surface area contributed by atoms with Crippen molar-refractivity contribution in [3.8, 4) is 0 Å². The number of carbonyl (C=O) groups is 1. The number of carbonyl (C=O) groups excluding carboxylic acids is 1. The molecule has 2 fully saturated rings. The quantitative estimate of drug-likeness (QED) is 0.778. The Balaban J connectivity index is 1.63. The first-order chi connectivity index (χ1) is 10.3. The highest BCUT2D eigenvalue weighted by Crippen LogP contribution is 2.24. The Morgan fingerprint density at radius 2 is 2.14 bits per heavy atom. The number of likely N-dealkylation sites (tertiary alicyclic amines) is 2. The van der Waals surface area contributed by atoms with Crippen LogP contribution in [0.15, 0.2) is 16.7 Å². The predicted molar refractivity (Wildman–Crippen MR) is 79.2 cm³/mol. The van der Waals surface area contributed by atoms with Crippen molar-refractivity contribution in [2.75, 3.05) is 33.3 Å². The Morgan fingerprint density at radius 3 is 2.90 bits per heavy atom. The highest BCUT2D eigenvalue weighted by atomic mass is 16.5. The zero-order valence-corrected chi connectivity index (χ0v) is 12.7. The minimum atomic E-state index is -0.384. The highest BCUT2D eigenvalue weighted by molar-refractivity contribution is 5.87. The van der Waals surface area contributed by atoms with Crippen LogP contribution in [0.1, 0.15) is 41.8 Å². The van der Waals surface area contributed by atoms with Crippen molar-refractivity contribution in [3.63, 3.8) is 0 Å². The molecule has 21 heavy (non-hydrogen) atoms. The van der Waals surface area contributed by atoms with Crippen molar-refractivity contribution >= 4 is 5.97 Å². The summed E-state index contributed by atoms with van der Waals surface area (Å²) in [5.41, 5.74) is 0.940. The first-order valence-electron chi connectivity index (χ1n) is 7.89. The van der Waals surface area contributed by atoms with Crippen LogP contribution in [-0.2, 0) is 11.3 Å². The molecule has 116 valence electrons. The monoisotopic (exact) mass is 292 g/mol. The van der Waals surface area contributed by atoms with Crippen LogP contribution in [-0.4, -0.2) is 55.1 Å². The molecule has 0 aromatic carbocycles. The highest BCUT2D eigenvalue weighted by Gasteiger charge is 2.29. The molecule has 1 aromatic rings. The molecule has 0 unspecified atom stereocenters. The Morgan fingerprint density at radius 1 is 1.33 bits per heavy atom. The van der Waals surface area contributed by atoms with Crippen LogP contribution >= 0.6 is 0 Å². The molecule has 3 heterocycles. The molecule has 2 aliphatic rings. The smallest absolute Gasteiger partial charge is 0.374 e. The molecule has 3 rings (SSSR count). The summed E-state index contributed by atoms with van der Waals surface area (Å²) >= 11 is 0. The van der Waals surface area contributed by atoms with E-state index in [1.807, 2.05) is 6.07 Å². The summed E-state index contributed by atoms with van der Waals surface area (Å²) in [6.07, 6.45) is 6.74. The van der Waals surface area contributed by atoms with E-state index in [0.717, 1.165) is 25.2 Å². The van der Waals surface area contributed by atoms with E-state index >= 15 is 0 Å². The van der Waals surface area contributed by atoms with Crippen molar-refractivity contribution in [1.29, 1.82) is 0 Å². The Labute approximate surface area is 125 Å². The minimum Gasteiger partial charge on any atom is -0.463 e. The summed E-state index contributed by atoms with van der Waals surface area (Å²) in [7, 11) is 1.39. The molecule has 2 saturated heterocycles. The topological polar surface area (TPSA) is 45.9 Å². The van der Waals surface area contributed by atoms with Gasteiger partial charge in [0.2, 0.25) is 5.76 Å². The number of hydrogen-bond donors (Lipinski definition) is 0. The molecule has 0 aliphatic carbocycles. The Bertz CT molecular complexity index is 480. The van der Waals surface area contributed by atoms with Crippen LogP contribution in [0.5, 0.6) is 0 Å². The van der Waals surface area contributed by atoms with Crippen LogP contribution in [0.4, 0.5) is 0 Å². The third-order valence-electron chi connectivity index (χ3n) is 4.66. The fourth-order valence-electron chi connectivity index (χ4n) is 3.52.